The van der Waals surface area contributed by atoms with Crippen molar-refractivity contribution >= 4 is 12.3 Å². The molecule has 0 radical (unpaired) electrons. The van der Waals surface area contributed by atoms with Crippen LogP contribution in [0, 0.1) is 5.92 Å². The second-order valence-corrected chi connectivity index (χ2v) is 9.29. The molecule has 2 heterocycles. The molecule has 1 saturated carbocycles. The Balaban J connectivity index is 1.21. The van der Waals surface area contributed by atoms with Gasteiger partial charge in [-0.25, -0.2) is 9.59 Å². The second kappa shape index (κ2) is 10.2. The number of carbonyl (C=O) groups is 2. The molecular formula is C26H30O8. The molecule has 3 fully saturated rings. The van der Waals surface area contributed by atoms with Crippen LogP contribution in [0.5, 0.6) is 5.75 Å². The summed E-state index contributed by atoms with van der Waals surface area (Å²) in [4.78, 5) is 23.7. The van der Waals surface area contributed by atoms with Crippen LogP contribution in [-0.2, 0) is 29.1 Å². The lowest BCUT2D eigenvalue weighted by Gasteiger charge is -2.44. The third kappa shape index (κ3) is 5.80. The van der Waals surface area contributed by atoms with E-state index < -0.39 is 12.3 Å². The Morgan fingerprint density at radius 3 is 2.06 bits per heavy atom. The molecule has 8 heteroatoms. The first-order chi connectivity index (χ1) is 16.6. The Hall–Kier alpha value is -2.84. The highest BCUT2D eigenvalue weighted by atomic mass is 16.7. The summed E-state index contributed by atoms with van der Waals surface area (Å²) < 4.78 is 30.8. The molecule has 4 aliphatic rings. The molecule has 0 aromatic heterocycles. The van der Waals surface area contributed by atoms with Crippen molar-refractivity contribution in [2.45, 2.75) is 56.1 Å². The predicted molar refractivity (Wildman–Crippen MR) is 120 cm³/mol. The Morgan fingerprint density at radius 2 is 1.50 bits per heavy atom. The van der Waals surface area contributed by atoms with Crippen molar-refractivity contribution in [1.82, 2.24) is 0 Å². The average molecular weight is 471 g/mol. The van der Waals surface area contributed by atoms with Crippen molar-refractivity contribution in [1.29, 1.82) is 0 Å². The molecule has 0 spiro atoms. The fourth-order valence-electron chi connectivity index (χ4n) is 4.90. The minimum atomic E-state index is -0.716. The standard InChI is InChI=1S/C26H30O8/c27-24(31-16-22-14-29-22)33-20-8-4-18(5-9-20)26(12-2-1-3-13-26)19-6-10-21(11-7-19)34-25(28)32-17-23-15-30-23/h4-6,8-11,19,22-23H,1-3,7,12-17H2. The molecular weight excluding hydrogens is 440 g/mol. The molecule has 2 aliphatic heterocycles. The van der Waals surface area contributed by atoms with E-state index in [2.05, 4.69) is 18.2 Å². The third-order valence-electron chi connectivity index (χ3n) is 6.93. The molecule has 8 nitrogen and oxygen atoms in total. The molecule has 1 aromatic carbocycles. The van der Waals surface area contributed by atoms with E-state index in [-0.39, 0.29) is 36.8 Å². The van der Waals surface area contributed by atoms with Crippen molar-refractivity contribution in [3.05, 3.63) is 53.8 Å². The van der Waals surface area contributed by atoms with Gasteiger partial charge in [0.05, 0.1) is 13.2 Å². The van der Waals surface area contributed by atoms with Gasteiger partial charge in [-0.3, -0.25) is 0 Å². The highest BCUT2D eigenvalue weighted by Crippen LogP contribution is 2.48. The van der Waals surface area contributed by atoms with Crippen molar-refractivity contribution < 1.29 is 38.0 Å². The number of hydrogen-bond donors (Lipinski definition) is 0. The van der Waals surface area contributed by atoms with E-state index in [1.54, 1.807) is 0 Å². The molecule has 0 bridgehead atoms. The topological polar surface area (TPSA) is 96.1 Å². The molecule has 1 aromatic rings. The molecule has 34 heavy (non-hydrogen) atoms. The Labute approximate surface area is 198 Å². The van der Waals surface area contributed by atoms with Gasteiger partial charge < -0.3 is 28.4 Å². The van der Waals surface area contributed by atoms with Gasteiger partial charge in [0.1, 0.15) is 36.9 Å². The largest absolute Gasteiger partial charge is 0.513 e. The summed E-state index contributed by atoms with van der Waals surface area (Å²) in [6.07, 6.45) is 11.1. The molecule has 3 unspecified atom stereocenters. The van der Waals surface area contributed by atoms with Gasteiger partial charge in [-0.05, 0) is 55.0 Å². The van der Waals surface area contributed by atoms with Crippen molar-refractivity contribution in [3.63, 3.8) is 0 Å². The van der Waals surface area contributed by atoms with Crippen LogP contribution in [0.1, 0.15) is 44.1 Å². The lowest BCUT2D eigenvalue weighted by Crippen LogP contribution is -2.37. The molecule has 0 amide bonds. The van der Waals surface area contributed by atoms with E-state index >= 15 is 0 Å². The summed E-state index contributed by atoms with van der Waals surface area (Å²) in [6, 6.07) is 7.77. The average Bonchev–Trinajstić information content (AvgIpc) is 3.78. The van der Waals surface area contributed by atoms with Crippen molar-refractivity contribution in [2.75, 3.05) is 26.4 Å². The number of benzene rings is 1. The SMILES string of the molecule is O=C(OCC1CO1)OC1=CCC(C2(c3ccc(OC(=O)OCC4CO4)cc3)CCCCC2)C=C1. The zero-order valence-corrected chi connectivity index (χ0v) is 19.1. The van der Waals surface area contributed by atoms with Crippen LogP contribution >= 0.6 is 0 Å². The monoisotopic (exact) mass is 470 g/mol. The normalized spacial score (nSPS) is 26.7. The maximum Gasteiger partial charge on any atom is 0.513 e. The lowest BCUT2D eigenvalue weighted by atomic mass is 9.60. The highest BCUT2D eigenvalue weighted by molar-refractivity contribution is 5.64. The molecule has 2 aliphatic carbocycles. The smallest absolute Gasteiger partial charge is 0.431 e. The van der Waals surface area contributed by atoms with Gasteiger partial charge in [-0.15, -0.1) is 0 Å². The van der Waals surface area contributed by atoms with Crippen molar-refractivity contribution in [3.8, 4) is 5.75 Å². The second-order valence-electron chi connectivity index (χ2n) is 9.29. The van der Waals surface area contributed by atoms with E-state index in [0.29, 0.717) is 24.7 Å². The van der Waals surface area contributed by atoms with Gasteiger partial charge in [0.25, 0.3) is 0 Å². The van der Waals surface area contributed by atoms with E-state index in [1.165, 1.54) is 24.8 Å². The first-order valence-electron chi connectivity index (χ1n) is 12.0. The summed E-state index contributed by atoms with van der Waals surface area (Å²) >= 11 is 0. The minimum absolute atomic E-state index is 0.00702. The summed E-state index contributed by atoms with van der Waals surface area (Å²) in [5.41, 5.74) is 1.22. The van der Waals surface area contributed by atoms with Gasteiger partial charge >= 0.3 is 12.3 Å². The van der Waals surface area contributed by atoms with E-state index in [0.717, 1.165) is 19.3 Å². The van der Waals surface area contributed by atoms with E-state index in [4.69, 9.17) is 28.4 Å². The van der Waals surface area contributed by atoms with E-state index in [9.17, 15) is 9.59 Å². The Bertz CT molecular complexity index is 936. The maximum absolute atomic E-state index is 11.9. The van der Waals surface area contributed by atoms with Crippen LogP contribution < -0.4 is 4.74 Å². The van der Waals surface area contributed by atoms with Crippen LogP contribution in [0.2, 0.25) is 0 Å². The summed E-state index contributed by atoms with van der Waals surface area (Å²) in [6.45, 7) is 1.71. The fourth-order valence-corrected chi connectivity index (χ4v) is 4.90. The highest BCUT2D eigenvalue weighted by Gasteiger charge is 2.40. The lowest BCUT2D eigenvalue weighted by molar-refractivity contribution is 0.0727. The predicted octanol–water partition coefficient (Wildman–Crippen LogP) is 4.81. The summed E-state index contributed by atoms with van der Waals surface area (Å²) in [7, 11) is 0. The van der Waals surface area contributed by atoms with Gasteiger partial charge in [-0.2, -0.15) is 0 Å². The number of carbonyl (C=O) groups excluding carboxylic acids is 2. The van der Waals surface area contributed by atoms with Crippen LogP contribution in [0.4, 0.5) is 9.59 Å². The third-order valence-corrected chi connectivity index (χ3v) is 6.93. The first-order valence-corrected chi connectivity index (χ1v) is 12.0. The number of ether oxygens (including phenoxy) is 6. The first kappa shape index (κ1) is 22.9. The van der Waals surface area contributed by atoms with Gasteiger partial charge in [0.15, 0.2) is 0 Å². The fraction of sp³-hybridized carbons (Fsp3) is 0.538. The van der Waals surface area contributed by atoms with E-state index in [1.807, 2.05) is 24.3 Å². The minimum Gasteiger partial charge on any atom is -0.431 e. The van der Waals surface area contributed by atoms with Gasteiger partial charge in [-0.1, -0.05) is 37.5 Å². The summed E-state index contributed by atoms with van der Waals surface area (Å²) in [5.74, 6) is 1.26. The van der Waals surface area contributed by atoms with Crippen LogP contribution in [-0.4, -0.2) is 50.9 Å². The molecule has 0 N–H and O–H groups in total. The number of rotatable bonds is 8. The Kier molecular flexibility index (Phi) is 6.87. The molecule has 182 valence electrons. The quantitative estimate of drug-likeness (QED) is 0.303. The zero-order valence-electron chi connectivity index (χ0n) is 19.1. The van der Waals surface area contributed by atoms with Gasteiger partial charge in [0.2, 0.25) is 0 Å². The number of allylic oxidation sites excluding steroid dienone is 3. The van der Waals surface area contributed by atoms with Gasteiger partial charge in [0, 0.05) is 5.41 Å². The van der Waals surface area contributed by atoms with Crippen LogP contribution in [0.15, 0.2) is 48.3 Å². The molecule has 3 atom stereocenters. The molecule has 2 saturated heterocycles. The number of epoxide rings is 2. The molecule has 5 rings (SSSR count). The van der Waals surface area contributed by atoms with Crippen LogP contribution in [0.25, 0.3) is 0 Å². The van der Waals surface area contributed by atoms with Crippen molar-refractivity contribution in [2.24, 2.45) is 5.92 Å². The van der Waals surface area contributed by atoms with Crippen LogP contribution in [0.3, 0.4) is 0 Å². The maximum atomic E-state index is 11.9. The summed E-state index contributed by atoms with van der Waals surface area (Å²) in [5, 5.41) is 0. The Morgan fingerprint density at radius 1 is 0.882 bits per heavy atom. The number of hydrogen-bond acceptors (Lipinski definition) is 8. The zero-order chi connectivity index (χ0) is 23.4.